The van der Waals surface area contributed by atoms with Gasteiger partial charge in [-0.3, -0.25) is 14.4 Å². The smallest absolute Gasteiger partial charge is 0.343 e. The number of carbonyl (C=O) groups is 4. The molecular formula is C29H21BrN4O5. The zero-order valence-corrected chi connectivity index (χ0v) is 21.8. The van der Waals surface area contributed by atoms with Crippen molar-refractivity contribution in [2.24, 2.45) is 5.10 Å². The summed E-state index contributed by atoms with van der Waals surface area (Å²) in [5, 5.41) is 8.96. The number of hydrogen-bond donors (Lipinski definition) is 3. The summed E-state index contributed by atoms with van der Waals surface area (Å²) in [6.45, 7) is 0. The number of hydrogen-bond acceptors (Lipinski definition) is 6. The van der Waals surface area contributed by atoms with E-state index in [9.17, 15) is 19.2 Å². The van der Waals surface area contributed by atoms with E-state index in [0.29, 0.717) is 22.6 Å². The lowest BCUT2D eigenvalue weighted by molar-refractivity contribution is -0.136. The Morgan fingerprint density at radius 1 is 0.718 bits per heavy atom. The second-order valence-electron chi connectivity index (χ2n) is 7.98. The van der Waals surface area contributed by atoms with Crippen LogP contribution in [0.3, 0.4) is 0 Å². The highest BCUT2D eigenvalue weighted by molar-refractivity contribution is 9.10. The third-order valence-corrected chi connectivity index (χ3v) is 5.74. The van der Waals surface area contributed by atoms with Gasteiger partial charge in [-0.2, -0.15) is 5.10 Å². The molecule has 3 amide bonds. The summed E-state index contributed by atoms with van der Waals surface area (Å²) in [7, 11) is 0. The number of esters is 1. The first-order chi connectivity index (χ1) is 18.9. The second-order valence-corrected chi connectivity index (χ2v) is 8.90. The van der Waals surface area contributed by atoms with Crippen molar-refractivity contribution in [1.82, 2.24) is 5.43 Å². The molecule has 39 heavy (non-hydrogen) atoms. The Balaban J connectivity index is 1.30. The highest BCUT2D eigenvalue weighted by Gasteiger charge is 2.18. The monoisotopic (exact) mass is 584 g/mol. The standard InChI is InChI=1S/C29H21BrN4O5/c30-21-12-14-22(15-13-21)32-26(35)24-8-4-5-9-25(24)33-27(36)28(37)34-31-18-19-10-16-23(17-11-19)39-29(38)20-6-2-1-3-7-20/h1-18H,(H,32,35)(H,33,36)(H,34,37)/b31-18-. The molecule has 4 aromatic carbocycles. The predicted octanol–water partition coefficient (Wildman–Crippen LogP) is 5.01. The quantitative estimate of drug-likeness (QED) is 0.0925. The third kappa shape index (κ3) is 7.70. The number of halogens is 1. The lowest BCUT2D eigenvalue weighted by Gasteiger charge is -2.11. The number of benzene rings is 4. The minimum Gasteiger partial charge on any atom is -0.423 e. The van der Waals surface area contributed by atoms with Crippen molar-refractivity contribution in [3.8, 4) is 5.75 Å². The minimum absolute atomic E-state index is 0.164. The van der Waals surface area contributed by atoms with Crippen LogP contribution in [0, 0.1) is 0 Å². The van der Waals surface area contributed by atoms with Gasteiger partial charge in [-0.1, -0.05) is 46.3 Å². The van der Waals surface area contributed by atoms with Gasteiger partial charge >= 0.3 is 17.8 Å². The summed E-state index contributed by atoms with van der Waals surface area (Å²) >= 11 is 3.33. The molecular weight excluding hydrogens is 564 g/mol. The Labute approximate surface area is 232 Å². The van der Waals surface area contributed by atoms with E-state index < -0.39 is 23.7 Å². The molecule has 0 unspecified atom stereocenters. The van der Waals surface area contributed by atoms with E-state index in [1.165, 1.54) is 18.3 Å². The second kappa shape index (κ2) is 12.9. The average molecular weight is 585 g/mol. The van der Waals surface area contributed by atoms with Gasteiger partial charge in [0.2, 0.25) is 0 Å². The Kier molecular flexibility index (Phi) is 8.94. The van der Waals surface area contributed by atoms with Crippen molar-refractivity contribution < 1.29 is 23.9 Å². The van der Waals surface area contributed by atoms with Crippen LogP contribution in [-0.2, 0) is 9.59 Å². The number of amides is 3. The molecule has 0 atom stereocenters. The van der Waals surface area contributed by atoms with Crippen LogP contribution in [-0.4, -0.2) is 29.9 Å². The number of para-hydroxylation sites is 1. The van der Waals surface area contributed by atoms with Crippen LogP contribution < -0.4 is 20.8 Å². The van der Waals surface area contributed by atoms with E-state index in [4.69, 9.17) is 4.74 Å². The maximum Gasteiger partial charge on any atom is 0.343 e. The number of hydrazone groups is 1. The van der Waals surface area contributed by atoms with Gasteiger partial charge in [-0.15, -0.1) is 0 Å². The van der Waals surface area contributed by atoms with Gasteiger partial charge in [0.25, 0.3) is 5.91 Å². The van der Waals surface area contributed by atoms with Crippen molar-refractivity contribution in [3.05, 3.63) is 124 Å². The Morgan fingerprint density at radius 3 is 2.10 bits per heavy atom. The lowest BCUT2D eigenvalue weighted by atomic mass is 10.1. The summed E-state index contributed by atoms with van der Waals surface area (Å²) in [6, 6.07) is 28.3. The van der Waals surface area contributed by atoms with Crippen LogP contribution >= 0.6 is 15.9 Å². The topological polar surface area (TPSA) is 126 Å². The number of rotatable bonds is 7. The summed E-state index contributed by atoms with van der Waals surface area (Å²) in [5.41, 5.74) is 4.07. The van der Waals surface area contributed by atoms with Crippen molar-refractivity contribution in [2.75, 3.05) is 10.6 Å². The van der Waals surface area contributed by atoms with Gasteiger partial charge in [0.15, 0.2) is 0 Å². The molecule has 10 heteroatoms. The zero-order chi connectivity index (χ0) is 27.6. The molecule has 0 radical (unpaired) electrons. The van der Waals surface area contributed by atoms with Crippen molar-refractivity contribution in [3.63, 3.8) is 0 Å². The number of anilines is 2. The van der Waals surface area contributed by atoms with Gasteiger partial charge in [0.1, 0.15) is 5.75 Å². The SMILES string of the molecule is O=C(N/N=C\c1ccc(OC(=O)c2ccccc2)cc1)C(=O)Nc1ccccc1C(=O)Nc1ccc(Br)cc1. The van der Waals surface area contributed by atoms with E-state index in [1.54, 1.807) is 91.0 Å². The van der Waals surface area contributed by atoms with Gasteiger partial charge in [0, 0.05) is 10.2 Å². The summed E-state index contributed by atoms with van der Waals surface area (Å²) in [6.07, 6.45) is 1.33. The molecule has 4 rings (SSSR count). The zero-order valence-electron chi connectivity index (χ0n) is 20.3. The number of carbonyl (C=O) groups excluding carboxylic acids is 4. The van der Waals surface area contributed by atoms with E-state index in [1.807, 2.05) is 0 Å². The molecule has 0 bridgehead atoms. The Bertz CT molecular complexity index is 1520. The Hall–Kier alpha value is -5.09. The fourth-order valence-corrected chi connectivity index (χ4v) is 3.54. The highest BCUT2D eigenvalue weighted by atomic mass is 79.9. The van der Waals surface area contributed by atoms with Gasteiger partial charge < -0.3 is 15.4 Å². The first-order valence-corrected chi connectivity index (χ1v) is 12.4. The molecule has 4 aromatic rings. The molecule has 9 nitrogen and oxygen atoms in total. The fraction of sp³-hybridized carbons (Fsp3) is 0. The van der Waals surface area contributed by atoms with Crippen LogP contribution in [0.15, 0.2) is 113 Å². The van der Waals surface area contributed by atoms with Gasteiger partial charge in [0.05, 0.1) is 23.0 Å². The molecule has 0 aliphatic rings. The molecule has 0 aromatic heterocycles. The van der Waals surface area contributed by atoms with Crippen molar-refractivity contribution in [2.45, 2.75) is 0 Å². The number of nitrogens with one attached hydrogen (secondary N) is 3. The largest absolute Gasteiger partial charge is 0.423 e. The summed E-state index contributed by atoms with van der Waals surface area (Å²) < 4.78 is 6.18. The fourth-order valence-electron chi connectivity index (χ4n) is 3.28. The molecule has 0 aliphatic heterocycles. The number of ether oxygens (including phenoxy) is 1. The molecule has 3 N–H and O–H groups in total. The molecule has 0 heterocycles. The predicted molar refractivity (Wildman–Crippen MR) is 151 cm³/mol. The maximum absolute atomic E-state index is 12.7. The molecule has 194 valence electrons. The third-order valence-electron chi connectivity index (χ3n) is 5.21. The van der Waals surface area contributed by atoms with Crippen LogP contribution in [0.2, 0.25) is 0 Å². The Morgan fingerprint density at radius 2 is 1.38 bits per heavy atom. The number of nitrogens with zero attached hydrogens (tertiary/aromatic N) is 1. The van der Waals surface area contributed by atoms with Crippen molar-refractivity contribution in [1.29, 1.82) is 0 Å². The van der Waals surface area contributed by atoms with Gasteiger partial charge in [-0.25, -0.2) is 10.2 Å². The van der Waals surface area contributed by atoms with E-state index in [0.717, 1.165) is 4.47 Å². The molecule has 0 aliphatic carbocycles. The molecule has 0 saturated carbocycles. The van der Waals surface area contributed by atoms with Crippen LogP contribution in [0.5, 0.6) is 5.75 Å². The maximum atomic E-state index is 12.7. The molecule has 0 fully saturated rings. The first kappa shape index (κ1) is 27.0. The minimum atomic E-state index is -1.03. The van der Waals surface area contributed by atoms with E-state index >= 15 is 0 Å². The first-order valence-electron chi connectivity index (χ1n) is 11.6. The highest BCUT2D eigenvalue weighted by Crippen LogP contribution is 2.19. The van der Waals surface area contributed by atoms with Crippen LogP contribution in [0.4, 0.5) is 11.4 Å². The molecule has 0 saturated heterocycles. The van der Waals surface area contributed by atoms with Crippen LogP contribution in [0.1, 0.15) is 26.3 Å². The van der Waals surface area contributed by atoms with Gasteiger partial charge in [-0.05, 0) is 78.4 Å². The van der Waals surface area contributed by atoms with E-state index in [-0.39, 0.29) is 11.3 Å². The summed E-state index contributed by atoms with van der Waals surface area (Å²) in [5.74, 6) is -2.62. The van der Waals surface area contributed by atoms with Crippen molar-refractivity contribution >= 4 is 57.2 Å². The summed E-state index contributed by atoms with van der Waals surface area (Å²) in [4.78, 5) is 49.5. The van der Waals surface area contributed by atoms with E-state index in [2.05, 4.69) is 37.1 Å². The van der Waals surface area contributed by atoms with Crippen LogP contribution in [0.25, 0.3) is 0 Å². The molecule has 0 spiro atoms. The average Bonchev–Trinajstić information content (AvgIpc) is 2.95. The normalized spacial score (nSPS) is 10.5. The lowest BCUT2D eigenvalue weighted by Crippen LogP contribution is -2.33.